The topological polar surface area (TPSA) is 53.6 Å². The molecule has 0 aliphatic heterocycles. The Morgan fingerprint density at radius 3 is 2.28 bits per heavy atom. The third-order valence-corrected chi connectivity index (χ3v) is 6.67. The third-order valence-electron chi connectivity index (χ3n) is 5.52. The monoisotopic (exact) mass is 394 g/mol. The largest absolute Gasteiger partial charge is 0.489 e. The fourth-order valence-corrected chi connectivity index (χ4v) is 5.24. The van der Waals surface area contributed by atoms with E-state index in [9.17, 15) is 10.0 Å². The van der Waals surface area contributed by atoms with E-state index >= 15 is 0 Å². The van der Waals surface area contributed by atoms with E-state index in [1.54, 1.807) is 23.5 Å². The van der Waals surface area contributed by atoms with Crippen molar-refractivity contribution in [3.63, 3.8) is 0 Å². The summed E-state index contributed by atoms with van der Waals surface area (Å²) in [5, 5.41) is 23.8. The Kier molecular flexibility index (Phi) is 3.59. The first-order valence-corrected chi connectivity index (χ1v) is 10.2. The average molecular weight is 394 g/mol. The van der Waals surface area contributed by atoms with Crippen molar-refractivity contribution in [2.24, 2.45) is 0 Å². The summed E-state index contributed by atoms with van der Waals surface area (Å²) in [4.78, 5) is 0. The highest BCUT2D eigenvalue weighted by atomic mass is 32.1. The Balaban J connectivity index is 1.61. The molecule has 0 saturated carbocycles. The number of benzene rings is 4. The molecule has 6 aromatic rings. The summed E-state index contributed by atoms with van der Waals surface area (Å²) < 4.78 is 8.49. The van der Waals surface area contributed by atoms with Crippen LogP contribution in [0.2, 0.25) is 0 Å². The minimum Gasteiger partial charge on any atom is -0.456 e. The van der Waals surface area contributed by atoms with Crippen molar-refractivity contribution in [3.05, 3.63) is 78.9 Å². The molecule has 0 saturated heterocycles. The van der Waals surface area contributed by atoms with Gasteiger partial charge in [-0.3, -0.25) is 0 Å². The van der Waals surface area contributed by atoms with Gasteiger partial charge in [0, 0.05) is 30.9 Å². The first-order chi connectivity index (χ1) is 14.2. The van der Waals surface area contributed by atoms with E-state index < -0.39 is 7.12 Å². The molecular weight excluding hydrogens is 379 g/mol. The number of hydrogen-bond acceptors (Lipinski definition) is 4. The molecule has 0 radical (unpaired) electrons. The number of thiophene rings is 1. The molecular formula is C24H15BO3S. The van der Waals surface area contributed by atoms with Gasteiger partial charge < -0.3 is 14.5 Å². The van der Waals surface area contributed by atoms with Gasteiger partial charge in [-0.1, -0.05) is 42.5 Å². The van der Waals surface area contributed by atoms with E-state index in [1.165, 1.54) is 20.2 Å². The zero-order valence-electron chi connectivity index (χ0n) is 15.3. The molecule has 0 aliphatic carbocycles. The van der Waals surface area contributed by atoms with Gasteiger partial charge in [0.2, 0.25) is 0 Å². The normalized spacial score (nSPS) is 11.8. The minimum absolute atomic E-state index is 0.456. The van der Waals surface area contributed by atoms with Gasteiger partial charge in [-0.05, 0) is 53.0 Å². The van der Waals surface area contributed by atoms with Crippen molar-refractivity contribution in [1.82, 2.24) is 0 Å². The van der Waals surface area contributed by atoms with E-state index in [4.69, 9.17) is 4.42 Å². The SMILES string of the molecule is OB(O)c1cccc2oc3ccc(-c4ccc5sc6ccccc6c5c4)cc3c12. The van der Waals surface area contributed by atoms with Crippen molar-refractivity contribution in [3.8, 4) is 11.1 Å². The molecule has 0 unspecified atom stereocenters. The highest BCUT2D eigenvalue weighted by Crippen LogP contribution is 2.37. The molecule has 0 fully saturated rings. The summed E-state index contributed by atoms with van der Waals surface area (Å²) in [6.07, 6.45) is 0. The average Bonchev–Trinajstić information content (AvgIpc) is 3.30. The van der Waals surface area contributed by atoms with Crippen LogP contribution in [0, 0.1) is 0 Å². The summed E-state index contributed by atoms with van der Waals surface area (Å²) in [7, 11) is -1.54. The maximum absolute atomic E-state index is 9.80. The molecule has 2 heterocycles. The zero-order valence-corrected chi connectivity index (χ0v) is 16.1. The minimum atomic E-state index is -1.54. The van der Waals surface area contributed by atoms with Gasteiger partial charge >= 0.3 is 7.12 Å². The van der Waals surface area contributed by atoms with Crippen LogP contribution in [0.5, 0.6) is 0 Å². The van der Waals surface area contributed by atoms with E-state index in [0.29, 0.717) is 11.0 Å². The predicted octanol–water partition coefficient (Wildman–Crippen LogP) is 5.30. The molecule has 5 heteroatoms. The van der Waals surface area contributed by atoms with E-state index in [2.05, 4.69) is 54.6 Å². The van der Waals surface area contributed by atoms with Gasteiger partial charge in [0.05, 0.1) is 0 Å². The van der Waals surface area contributed by atoms with Crippen LogP contribution < -0.4 is 5.46 Å². The van der Waals surface area contributed by atoms with Crippen LogP contribution >= 0.6 is 11.3 Å². The zero-order chi connectivity index (χ0) is 19.5. The van der Waals surface area contributed by atoms with Crippen molar-refractivity contribution < 1.29 is 14.5 Å². The van der Waals surface area contributed by atoms with E-state index in [1.807, 2.05) is 12.1 Å². The first-order valence-electron chi connectivity index (χ1n) is 9.42. The number of rotatable bonds is 2. The fraction of sp³-hybridized carbons (Fsp3) is 0. The lowest BCUT2D eigenvalue weighted by atomic mass is 9.77. The van der Waals surface area contributed by atoms with Crippen molar-refractivity contribution in [1.29, 1.82) is 0 Å². The Labute approximate surface area is 170 Å². The lowest BCUT2D eigenvalue weighted by Gasteiger charge is -2.04. The second kappa shape index (κ2) is 6.19. The van der Waals surface area contributed by atoms with Gasteiger partial charge in [0.25, 0.3) is 0 Å². The molecule has 0 spiro atoms. The highest BCUT2D eigenvalue weighted by Gasteiger charge is 2.19. The molecule has 0 atom stereocenters. The lowest BCUT2D eigenvalue weighted by molar-refractivity contribution is 0.426. The molecule has 0 bridgehead atoms. The van der Waals surface area contributed by atoms with Gasteiger partial charge in [-0.25, -0.2) is 0 Å². The van der Waals surface area contributed by atoms with Crippen LogP contribution in [-0.4, -0.2) is 17.2 Å². The van der Waals surface area contributed by atoms with Crippen LogP contribution in [0.15, 0.2) is 83.3 Å². The van der Waals surface area contributed by atoms with Gasteiger partial charge in [0.15, 0.2) is 0 Å². The molecule has 2 aromatic heterocycles. The maximum atomic E-state index is 9.80. The van der Waals surface area contributed by atoms with Crippen molar-refractivity contribution in [2.45, 2.75) is 0 Å². The van der Waals surface area contributed by atoms with Crippen LogP contribution in [0.25, 0.3) is 53.2 Å². The van der Waals surface area contributed by atoms with Crippen LogP contribution in [0.1, 0.15) is 0 Å². The quantitative estimate of drug-likeness (QED) is 0.392. The second-order valence-corrected chi connectivity index (χ2v) is 8.30. The molecule has 0 amide bonds. The Morgan fingerprint density at radius 1 is 0.655 bits per heavy atom. The van der Waals surface area contributed by atoms with Crippen LogP contribution in [-0.2, 0) is 0 Å². The summed E-state index contributed by atoms with van der Waals surface area (Å²) in [6.45, 7) is 0. The van der Waals surface area contributed by atoms with E-state index in [0.717, 1.165) is 27.5 Å². The summed E-state index contributed by atoms with van der Waals surface area (Å²) in [6, 6.07) is 26.4. The Hall–Kier alpha value is -3.12. The third kappa shape index (κ3) is 2.52. The molecule has 6 rings (SSSR count). The molecule has 4 aromatic carbocycles. The predicted molar refractivity (Wildman–Crippen MR) is 122 cm³/mol. The molecule has 3 nitrogen and oxygen atoms in total. The Morgan fingerprint density at radius 2 is 1.41 bits per heavy atom. The first kappa shape index (κ1) is 16.8. The fourth-order valence-electron chi connectivity index (χ4n) is 4.15. The number of furan rings is 1. The summed E-state index contributed by atoms with van der Waals surface area (Å²) in [5.74, 6) is 0. The maximum Gasteiger partial charge on any atom is 0.489 e. The standard InChI is InChI=1S/C24H15BO3S/c26-25(27)19-5-3-6-21-24(19)18-13-14(8-10-20(18)28-21)15-9-11-23-17(12-15)16-4-1-2-7-22(16)29-23/h1-13,26-27H. The van der Waals surface area contributed by atoms with Crippen molar-refractivity contribution >= 4 is 66.0 Å². The smallest absolute Gasteiger partial charge is 0.456 e. The molecule has 2 N–H and O–H groups in total. The van der Waals surface area contributed by atoms with Crippen LogP contribution in [0.3, 0.4) is 0 Å². The van der Waals surface area contributed by atoms with E-state index in [-0.39, 0.29) is 0 Å². The van der Waals surface area contributed by atoms with Gasteiger partial charge in [-0.2, -0.15) is 0 Å². The number of fused-ring (bicyclic) bond motifs is 6. The summed E-state index contributed by atoms with van der Waals surface area (Å²) >= 11 is 1.81. The number of hydrogen-bond donors (Lipinski definition) is 2. The Bertz CT molecular complexity index is 1540. The van der Waals surface area contributed by atoms with Gasteiger partial charge in [-0.15, -0.1) is 11.3 Å². The van der Waals surface area contributed by atoms with Crippen LogP contribution in [0.4, 0.5) is 0 Å². The second-order valence-electron chi connectivity index (χ2n) is 7.22. The summed E-state index contributed by atoms with van der Waals surface area (Å²) in [5.41, 5.74) is 4.04. The highest BCUT2D eigenvalue weighted by molar-refractivity contribution is 7.25. The van der Waals surface area contributed by atoms with Crippen molar-refractivity contribution in [2.75, 3.05) is 0 Å². The van der Waals surface area contributed by atoms with Gasteiger partial charge in [0.1, 0.15) is 11.2 Å². The lowest BCUT2D eigenvalue weighted by Crippen LogP contribution is -2.30. The molecule has 29 heavy (non-hydrogen) atoms. The molecule has 138 valence electrons. The molecule has 0 aliphatic rings.